The monoisotopic (exact) mass is 267 g/mol. The third-order valence-electron chi connectivity index (χ3n) is 2.47. The van der Waals surface area contributed by atoms with Crippen molar-refractivity contribution in [2.24, 2.45) is 0 Å². The van der Waals surface area contributed by atoms with Gasteiger partial charge in [0.05, 0.1) is 11.3 Å². The number of aryl methyl sites for hydroxylation is 1. The number of benzene rings is 1. The first kappa shape index (κ1) is 12.6. The molecule has 1 nitrogen and oxygen atoms in total. The van der Waals surface area contributed by atoms with Crippen LogP contribution in [-0.2, 0) is 6.42 Å². The average Bonchev–Trinajstić information content (AvgIpc) is 2.77. The molecule has 90 valence electrons. The molecule has 0 saturated carbocycles. The van der Waals surface area contributed by atoms with Crippen molar-refractivity contribution in [3.8, 4) is 10.6 Å². The van der Waals surface area contributed by atoms with Crippen LogP contribution >= 0.6 is 23.1 Å². The molecule has 0 N–H and O–H groups in total. The van der Waals surface area contributed by atoms with E-state index in [4.69, 9.17) is 0 Å². The molecule has 17 heavy (non-hydrogen) atoms. The molecular formula is C13H14FNS2. The number of rotatable bonds is 4. The lowest BCUT2D eigenvalue weighted by Crippen LogP contribution is -1.88. The summed E-state index contributed by atoms with van der Waals surface area (Å²) in [5.74, 6) is -0.186. The van der Waals surface area contributed by atoms with E-state index in [1.165, 1.54) is 17.4 Å². The normalized spacial score (nSPS) is 10.8. The molecular weight excluding hydrogens is 253 g/mol. The highest BCUT2D eigenvalue weighted by Gasteiger charge is 2.13. The van der Waals surface area contributed by atoms with Crippen LogP contribution in [-0.4, -0.2) is 11.2 Å². The molecule has 2 aromatic rings. The van der Waals surface area contributed by atoms with Gasteiger partial charge in [-0.25, -0.2) is 9.37 Å². The number of hydrogen-bond donors (Lipinski definition) is 0. The first-order valence-corrected chi connectivity index (χ1v) is 7.64. The second kappa shape index (κ2) is 5.65. The minimum absolute atomic E-state index is 0.186. The smallest absolute Gasteiger partial charge is 0.134 e. The predicted octanol–water partition coefficient (Wildman–Crippen LogP) is 4.62. The Morgan fingerprint density at radius 2 is 2.24 bits per heavy atom. The fourth-order valence-corrected chi connectivity index (χ4v) is 3.27. The van der Waals surface area contributed by atoms with E-state index >= 15 is 0 Å². The lowest BCUT2D eigenvalue weighted by molar-refractivity contribution is 0.628. The zero-order valence-electron chi connectivity index (χ0n) is 9.87. The molecule has 0 aliphatic heterocycles. The van der Waals surface area contributed by atoms with Gasteiger partial charge in [0.25, 0.3) is 0 Å². The Kier molecular flexibility index (Phi) is 4.18. The van der Waals surface area contributed by atoms with Crippen LogP contribution in [0.2, 0.25) is 0 Å². The third kappa shape index (κ3) is 2.69. The minimum atomic E-state index is -0.186. The Morgan fingerprint density at radius 1 is 1.41 bits per heavy atom. The molecule has 1 heterocycles. The maximum absolute atomic E-state index is 13.9. The Labute approximate surface area is 109 Å². The van der Waals surface area contributed by atoms with Crippen molar-refractivity contribution in [1.29, 1.82) is 0 Å². The SMILES string of the molecule is CCCc1csc(-c2c(F)cccc2SC)n1. The summed E-state index contributed by atoms with van der Waals surface area (Å²) < 4.78 is 13.9. The number of hydrogen-bond acceptors (Lipinski definition) is 3. The van der Waals surface area contributed by atoms with Crippen LogP contribution < -0.4 is 0 Å². The molecule has 0 unspecified atom stereocenters. The highest BCUT2D eigenvalue weighted by molar-refractivity contribution is 7.98. The molecule has 2 rings (SSSR count). The van der Waals surface area contributed by atoms with Gasteiger partial charge in [0.2, 0.25) is 0 Å². The molecule has 0 atom stereocenters. The summed E-state index contributed by atoms with van der Waals surface area (Å²) in [4.78, 5) is 5.45. The van der Waals surface area contributed by atoms with E-state index in [9.17, 15) is 4.39 Å². The van der Waals surface area contributed by atoms with Gasteiger partial charge in [-0.15, -0.1) is 23.1 Å². The summed E-state index contributed by atoms with van der Waals surface area (Å²) >= 11 is 3.08. The Hall–Kier alpha value is -0.870. The fraction of sp³-hybridized carbons (Fsp3) is 0.308. The first-order valence-electron chi connectivity index (χ1n) is 5.53. The summed E-state index contributed by atoms with van der Waals surface area (Å²) in [6, 6.07) is 5.17. The second-order valence-corrected chi connectivity index (χ2v) is 5.42. The molecule has 0 bridgehead atoms. The molecule has 0 aliphatic carbocycles. The van der Waals surface area contributed by atoms with Gasteiger partial charge in [0, 0.05) is 10.3 Å². The van der Waals surface area contributed by atoms with Crippen LogP contribution in [0.25, 0.3) is 10.6 Å². The average molecular weight is 267 g/mol. The summed E-state index contributed by atoms with van der Waals surface area (Å²) in [6.07, 6.45) is 3.98. The third-order valence-corrected chi connectivity index (χ3v) is 4.16. The van der Waals surface area contributed by atoms with Crippen LogP contribution in [0.15, 0.2) is 28.5 Å². The molecule has 0 aliphatic rings. The van der Waals surface area contributed by atoms with E-state index in [-0.39, 0.29) is 5.82 Å². The summed E-state index contributed by atoms with van der Waals surface area (Å²) in [5.41, 5.74) is 1.70. The van der Waals surface area contributed by atoms with Gasteiger partial charge in [-0.1, -0.05) is 19.4 Å². The van der Waals surface area contributed by atoms with E-state index in [0.29, 0.717) is 5.56 Å². The number of nitrogens with zero attached hydrogens (tertiary/aromatic N) is 1. The van der Waals surface area contributed by atoms with Crippen LogP contribution in [0, 0.1) is 5.82 Å². The van der Waals surface area contributed by atoms with Crippen molar-refractivity contribution in [2.75, 3.05) is 6.26 Å². The van der Waals surface area contributed by atoms with Gasteiger partial charge in [0.15, 0.2) is 0 Å². The van der Waals surface area contributed by atoms with Crippen molar-refractivity contribution < 1.29 is 4.39 Å². The van der Waals surface area contributed by atoms with E-state index in [1.54, 1.807) is 17.8 Å². The minimum Gasteiger partial charge on any atom is -0.241 e. The predicted molar refractivity (Wildman–Crippen MR) is 73.3 cm³/mol. The molecule has 1 aromatic carbocycles. The van der Waals surface area contributed by atoms with E-state index < -0.39 is 0 Å². The van der Waals surface area contributed by atoms with Crippen LogP contribution in [0.1, 0.15) is 19.0 Å². The summed E-state index contributed by atoms with van der Waals surface area (Å²) in [6.45, 7) is 2.12. The quantitative estimate of drug-likeness (QED) is 0.749. The topological polar surface area (TPSA) is 12.9 Å². The molecule has 1 aromatic heterocycles. The molecule has 0 saturated heterocycles. The van der Waals surface area contributed by atoms with Gasteiger partial charge in [-0.05, 0) is 24.8 Å². The van der Waals surface area contributed by atoms with Crippen molar-refractivity contribution >= 4 is 23.1 Å². The van der Waals surface area contributed by atoms with Crippen molar-refractivity contribution in [1.82, 2.24) is 4.98 Å². The van der Waals surface area contributed by atoms with Crippen LogP contribution in [0.5, 0.6) is 0 Å². The van der Waals surface area contributed by atoms with Crippen LogP contribution in [0.3, 0.4) is 0 Å². The van der Waals surface area contributed by atoms with E-state index in [1.807, 2.05) is 17.7 Å². The fourth-order valence-electron chi connectivity index (χ4n) is 1.67. The number of aromatic nitrogens is 1. The zero-order chi connectivity index (χ0) is 12.3. The molecule has 0 fully saturated rings. The summed E-state index contributed by atoms with van der Waals surface area (Å²) in [7, 11) is 0. The number of thioether (sulfide) groups is 1. The lowest BCUT2D eigenvalue weighted by Gasteiger charge is -2.05. The standard InChI is InChI=1S/C13H14FNS2/c1-3-5-9-8-17-13(15-9)12-10(14)6-4-7-11(12)16-2/h4,6-8H,3,5H2,1-2H3. The van der Waals surface area contributed by atoms with Crippen molar-refractivity contribution in [2.45, 2.75) is 24.7 Å². The van der Waals surface area contributed by atoms with Gasteiger partial charge in [-0.3, -0.25) is 0 Å². The Bertz CT molecular complexity index is 508. The van der Waals surface area contributed by atoms with Gasteiger partial charge >= 0.3 is 0 Å². The van der Waals surface area contributed by atoms with Gasteiger partial charge < -0.3 is 0 Å². The highest BCUT2D eigenvalue weighted by atomic mass is 32.2. The lowest BCUT2D eigenvalue weighted by atomic mass is 10.2. The summed E-state index contributed by atoms with van der Waals surface area (Å²) in [5, 5.41) is 2.81. The largest absolute Gasteiger partial charge is 0.241 e. The van der Waals surface area contributed by atoms with Crippen molar-refractivity contribution in [3.05, 3.63) is 35.1 Å². The molecule has 0 radical (unpaired) electrons. The first-order chi connectivity index (χ1) is 8.26. The zero-order valence-corrected chi connectivity index (χ0v) is 11.5. The molecule has 0 amide bonds. The Balaban J connectivity index is 2.44. The van der Waals surface area contributed by atoms with E-state index in [0.717, 1.165) is 28.4 Å². The highest BCUT2D eigenvalue weighted by Crippen LogP contribution is 2.34. The van der Waals surface area contributed by atoms with E-state index in [2.05, 4.69) is 11.9 Å². The Morgan fingerprint density at radius 3 is 2.94 bits per heavy atom. The van der Waals surface area contributed by atoms with Crippen LogP contribution in [0.4, 0.5) is 4.39 Å². The number of halogens is 1. The van der Waals surface area contributed by atoms with Crippen molar-refractivity contribution in [3.63, 3.8) is 0 Å². The maximum atomic E-state index is 13.9. The number of thiazole rings is 1. The van der Waals surface area contributed by atoms with Gasteiger partial charge in [0.1, 0.15) is 10.8 Å². The maximum Gasteiger partial charge on any atom is 0.134 e. The molecule has 4 heteroatoms. The van der Waals surface area contributed by atoms with Gasteiger partial charge in [-0.2, -0.15) is 0 Å². The molecule has 0 spiro atoms. The second-order valence-electron chi connectivity index (χ2n) is 3.71.